The van der Waals surface area contributed by atoms with E-state index >= 15 is 0 Å². The van der Waals surface area contributed by atoms with Crippen molar-refractivity contribution in [2.45, 2.75) is 6.92 Å². The third-order valence-corrected chi connectivity index (χ3v) is 4.09. The molecule has 1 N–H and O–H groups in total. The minimum atomic E-state index is -0.345. The van der Waals surface area contributed by atoms with Crippen molar-refractivity contribution in [2.75, 3.05) is 43.0 Å². The standard InChI is InChI=1S/C18H21N5O3/c1-2-26-16-6-4-3-5-14(16)21-18(25)15-11-20-17(12-19-15)23-9-7-22(13-24)8-10-23/h3-6,11-13H,2,7-10H2,1H3,(H,21,25). The summed E-state index contributed by atoms with van der Waals surface area (Å²) in [6.07, 6.45) is 3.90. The lowest BCUT2D eigenvalue weighted by atomic mass is 10.3. The van der Waals surface area contributed by atoms with Crippen LogP contribution in [0.4, 0.5) is 11.5 Å². The summed E-state index contributed by atoms with van der Waals surface area (Å²) in [5.41, 5.74) is 0.821. The van der Waals surface area contributed by atoms with E-state index in [4.69, 9.17) is 4.74 Å². The molecule has 2 aromatic rings. The second kappa shape index (κ2) is 8.28. The second-order valence-electron chi connectivity index (χ2n) is 5.77. The number of piperazine rings is 1. The molecule has 8 nitrogen and oxygen atoms in total. The van der Waals surface area contributed by atoms with E-state index in [-0.39, 0.29) is 11.6 Å². The largest absolute Gasteiger partial charge is 0.492 e. The molecule has 8 heteroatoms. The number of nitrogens with zero attached hydrogens (tertiary/aromatic N) is 4. The first-order chi connectivity index (χ1) is 12.7. The summed E-state index contributed by atoms with van der Waals surface area (Å²) in [7, 11) is 0. The molecule has 1 saturated heterocycles. The van der Waals surface area contributed by atoms with Gasteiger partial charge in [0.15, 0.2) is 0 Å². The van der Waals surface area contributed by atoms with Crippen molar-refractivity contribution in [3.05, 3.63) is 42.4 Å². The van der Waals surface area contributed by atoms with Crippen LogP contribution in [0.1, 0.15) is 17.4 Å². The van der Waals surface area contributed by atoms with Gasteiger partial charge in [0.1, 0.15) is 17.3 Å². The first-order valence-corrected chi connectivity index (χ1v) is 8.50. The summed E-state index contributed by atoms with van der Waals surface area (Å²) in [4.78, 5) is 35.5. The first kappa shape index (κ1) is 17.7. The van der Waals surface area contributed by atoms with Crippen LogP contribution < -0.4 is 15.0 Å². The summed E-state index contributed by atoms with van der Waals surface area (Å²) >= 11 is 0. The van der Waals surface area contributed by atoms with E-state index in [9.17, 15) is 9.59 Å². The van der Waals surface area contributed by atoms with Crippen molar-refractivity contribution < 1.29 is 14.3 Å². The van der Waals surface area contributed by atoms with Gasteiger partial charge in [-0.15, -0.1) is 0 Å². The molecular formula is C18H21N5O3. The Kier molecular flexibility index (Phi) is 5.62. The number of carbonyl (C=O) groups is 2. The number of hydrogen-bond acceptors (Lipinski definition) is 6. The fourth-order valence-electron chi connectivity index (χ4n) is 2.70. The Morgan fingerprint density at radius 2 is 1.96 bits per heavy atom. The summed E-state index contributed by atoms with van der Waals surface area (Å²) in [5.74, 6) is 0.963. The zero-order valence-electron chi connectivity index (χ0n) is 14.6. The molecule has 0 bridgehead atoms. The van der Waals surface area contributed by atoms with Crippen molar-refractivity contribution in [2.24, 2.45) is 0 Å². The highest BCUT2D eigenvalue weighted by Crippen LogP contribution is 2.24. The molecule has 0 saturated carbocycles. The van der Waals surface area contributed by atoms with Crippen molar-refractivity contribution in [1.29, 1.82) is 0 Å². The van der Waals surface area contributed by atoms with Crippen LogP contribution in [0.3, 0.4) is 0 Å². The number of aromatic nitrogens is 2. The van der Waals surface area contributed by atoms with Crippen molar-refractivity contribution in [3.8, 4) is 5.75 Å². The predicted molar refractivity (Wildman–Crippen MR) is 97.4 cm³/mol. The lowest BCUT2D eigenvalue weighted by molar-refractivity contribution is -0.118. The quantitative estimate of drug-likeness (QED) is 0.788. The average molecular weight is 355 g/mol. The molecule has 0 atom stereocenters. The zero-order chi connectivity index (χ0) is 18.4. The van der Waals surface area contributed by atoms with Crippen LogP contribution in [-0.4, -0.2) is 60.0 Å². The van der Waals surface area contributed by atoms with E-state index in [0.29, 0.717) is 50.0 Å². The number of amides is 2. The fourth-order valence-corrected chi connectivity index (χ4v) is 2.70. The highest BCUT2D eigenvalue weighted by Gasteiger charge is 2.18. The van der Waals surface area contributed by atoms with Crippen LogP contribution in [0.15, 0.2) is 36.7 Å². The number of hydrogen-bond donors (Lipinski definition) is 1. The molecule has 3 rings (SSSR count). The van der Waals surface area contributed by atoms with Crippen LogP contribution in [0.2, 0.25) is 0 Å². The molecule has 0 aliphatic carbocycles. The monoisotopic (exact) mass is 355 g/mol. The first-order valence-electron chi connectivity index (χ1n) is 8.50. The molecule has 1 aromatic carbocycles. The average Bonchev–Trinajstić information content (AvgIpc) is 2.70. The normalized spacial score (nSPS) is 14.0. The molecular weight excluding hydrogens is 334 g/mol. The molecule has 136 valence electrons. The van der Waals surface area contributed by atoms with Gasteiger partial charge in [0.2, 0.25) is 6.41 Å². The van der Waals surface area contributed by atoms with Gasteiger partial charge in [-0.05, 0) is 19.1 Å². The smallest absolute Gasteiger partial charge is 0.275 e. The fraction of sp³-hybridized carbons (Fsp3) is 0.333. The molecule has 1 aliphatic heterocycles. The zero-order valence-corrected chi connectivity index (χ0v) is 14.6. The maximum Gasteiger partial charge on any atom is 0.275 e. The summed E-state index contributed by atoms with van der Waals surface area (Å²) < 4.78 is 5.50. The Hall–Kier alpha value is -3.16. The Balaban J connectivity index is 1.65. The van der Waals surface area contributed by atoms with Gasteiger partial charge in [-0.1, -0.05) is 12.1 Å². The van der Waals surface area contributed by atoms with Gasteiger partial charge in [-0.3, -0.25) is 9.59 Å². The lowest BCUT2D eigenvalue weighted by Gasteiger charge is -2.33. The molecule has 2 heterocycles. The van der Waals surface area contributed by atoms with Crippen LogP contribution >= 0.6 is 0 Å². The number of para-hydroxylation sites is 2. The lowest BCUT2D eigenvalue weighted by Crippen LogP contribution is -2.46. The van der Waals surface area contributed by atoms with Crippen molar-refractivity contribution >= 4 is 23.8 Å². The Morgan fingerprint density at radius 1 is 1.19 bits per heavy atom. The van der Waals surface area contributed by atoms with E-state index in [1.807, 2.05) is 24.0 Å². The number of rotatable bonds is 6. The van der Waals surface area contributed by atoms with Gasteiger partial charge in [0.25, 0.3) is 5.91 Å². The van der Waals surface area contributed by atoms with Gasteiger partial charge in [-0.25, -0.2) is 9.97 Å². The van der Waals surface area contributed by atoms with Crippen LogP contribution in [-0.2, 0) is 4.79 Å². The van der Waals surface area contributed by atoms with Crippen molar-refractivity contribution in [3.63, 3.8) is 0 Å². The molecule has 2 amide bonds. The molecule has 26 heavy (non-hydrogen) atoms. The van der Waals surface area contributed by atoms with E-state index < -0.39 is 0 Å². The van der Waals surface area contributed by atoms with E-state index in [1.54, 1.807) is 23.2 Å². The van der Waals surface area contributed by atoms with E-state index in [2.05, 4.69) is 15.3 Å². The van der Waals surface area contributed by atoms with Gasteiger partial charge in [-0.2, -0.15) is 0 Å². The molecule has 0 unspecified atom stereocenters. The Labute approximate surface area is 151 Å². The Morgan fingerprint density at radius 3 is 2.62 bits per heavy atom. The van der Waals surface area contributed by atoms with Crippen LogP contribution in [0.5, 0.6) is 5.75 Å². The number of benzene rings is 1. The van der Waals surface area contributed by atoms with Gasteiger partial charge >= 0.3 is 0 Å². The Bertz CT molecular complexity index is 758. The maximum atomic E-state index is 12.4. The number of ether oxygens (including phenoxy) is 1. The van der Waals surface area contributed by atoms with Gasteiger partial charge in [0.05, 0.1) is 24.7 Å². The minimum absolute atomic E-state index is 0.228. The number of carbonyl (C=O) groups excluding carboxylic acids is 2. The van der Waals surface area contributed by atoms with Gasteiger partial charge in [0, 0.05) is 26.2 Å². The minimum Gasteiger partial charge on any atom is -0.492 e. The molecule has 1 aliphatic rings. The molecule has 0 radical (unpaired) electrons. The van der Waals surface area contributed by atoms with E-state index in [0.717, 1.165) is 6.41 Å². The highest BCUT2D eigenvalue weighted by molar-refractivity contribution is 6.03. The molecule has 0 spiro atoms. The van der Waals surface area contributed by atoms with Crippen LogP contribution in [0, 0.1) is 0 Å². The summed E-state index contributed by atoms with van der Waals surface area (Å²) in [6.45, 7) is 5.10. The van der Waals surface area contributed by atoms with Crippen molar-refractivity contribution in [1.82, 2.24) is 14.9 Å². The summed E-state index contributed by atoms with van der Waals surface area (Å²) in [6, 6.07) is 7.25. The molecule has 1 aromatic heterocycles. The van der Waals surface area contributed by atoms with Gasteiger partial charge < -0.3 is 19.9 Å². The number of anilines is 2. The second-order valence-corrected chi connectivity index (χ2v) is 5.77. The SMILES string of the molecule is CCOc1ccccc1NC(=O)c1cnc(N2CCN(C=O)CC2)cn1. The number of nitrogens with one attached hydrogen (secondary N) is 1. The highest BCUT2D eigenvalue weighted by atomic mass is 16.5. The molecule has 1 fully saturated rings. The third kappa shape index (κ3) is 4.08. The third-order valence-electron chi connectivity index (χ3n) is 4.09. The van der Waals surface area contributed by atoms with Crippen LogP contribution in [0.25, 0.3) is 0 Å². The predicted octanol–water partition coefficient (Wildman–Crippen LogP) is 1.41. The topological polar surface area (TPSA) is 87.7 Å². The summed E-state index contributed by atoms with van der Waals surface area (Å²) in [5, 5.41) is 2.80. The maximum absolute atomic E-state index is 12.4. The van der Waals surface area contributed by atoms with E-state index in [1.165, 1.54) is 6.20 Å².